The van der Waals surface area contributed by atoms with Gasteiger partial charge < -0.3 is 23.7 Å². The molecule has 0 radical (unpaired) electrons. The van der Waals surface area contributed by atoms with Crippen LogP contribution in [0.1, 0.15) is 61.3 Å². The van der Waals surface area contributed by atoms with Gasteiger partial charge in [-0.05, 0) is 57.5 Å². The Labute approximate surface area is 200 Å². The lowest BCUT2D eigenvalue weighted by atomic mass is 10.1. The third-order valence-corrected chi connectivity index (χ3v) is 4.64. The molecular formula is C25H34N2O7. The molecule has 0 aliphatic heterocycles. The van der Waals surface area contributed by atoms with Gasteiger partial charge in [0.2, 0.25) is 5.75 Å². The van der Waals surface area contributed by atoms with E-state index in [9.17, 15) is 9.59 Å². The third kappa shape index (κ3) is 7.19. The number of unbranched alkanes of at least 4 members (excludes halogenated alkanes) is 1. The molecule has 0 aliphatic carbocycles. The molecule has 0 saturated heterocycles. The molecule has 0 saturated carbocycles. The summed E-state index contributed by atoms with van der Waals surface area (Å²) in [5.74, 6) is 1.14. The van der Waals surface area contributed by atoms with Crippen molar-refractivity contribution in [1.82, 2.24) is 10.9 Å². The van der Waals surface area contributed by atoms with E-state index in [4.69, 9.17) is 23.7 Å². The Bertz CT molecular complexity index is 935. The van der Waals surface area contributed by atoms with E-state index >= 15 is 0 Å². The van der Waals surface area contributed by atoms with Crippen LogP contribution in [0.3, 0.4) is 0 Å². The Morgan fingerprint density at radius 1 is 0.706 bits per heavy atom. The van der Waals surface area contributed by atoms with Crippen molar-refractivity contribution in [3.8, 4) is 28.7 Å². The van der Waals surface area contributed by atoms with Gasteiger partial charge >= 0.3 is 0 Å². The summed E-state index contributed by atoms with van der Waals surface area (Å²) in [7, 11) is 1.50. The fraction of sp³-hybridized carbons (Fsp3) is 0.440. The number of benzene rings is 2. The van der Waals surface area contributed by atoms with E-state index in [2.05, 4.69) is 17.8 Å². The lowest BCUT2D eigenvalue weighted by Crippen LogP contribution is -2.41. The lowest BCUT2D eigenvalue weighted by Gasteiger charge is -2.17. The van der Waals surface area contributed by atoms with E-state index in [1.54, 1.807) is 30.3 Å². The van der Waals surface area contributed by atoms with Crippen molar-refractivity contribution in [1.29, 1.82) is 0 Å². The van der Waals surface area contributed by atoms with Crippen LogP contribution < -0.4 is 34.5 Å². The first kappa shape index (κ1) is 26.6. The minimum absolute atomic E-state index is 0.243. The molecule has 9 nitrogen and oxygen atoms in total. The predicted molar refractivity (Wildman–Crippen MR) is 128 cm³/mol. The Balaban J connectivity index is 2.14. The van der Waals surface area contributed by atoms with Crippen LogP contribution in [-0.2, 0) is 0 Å². The Morgan fingerprint density at radius 3 is 1.79 bits per heavy atom. The molecule has 0 heterocycles. The van der Waals surface area contributed by atoms with Crippen molar-refractivity contribution >= 4 is 11.8 Å². The average molecular weight is 475 g/mol. The SMILES string of the molecule is CCCCOc1ccc(C(=O)NNC(=O)c2cc(OCC)c(OCC)c(OCC)c2)cc1OC. The second kappa shape index (κ2) is 13.8. The van der Waals surface area contributed by atoms with Crippen LogP contribution in [0.5, 0.6) is 28.7 Å². The summed E-state index contributed by atoms with van der Waals surface area (Å²) in [5, 5.41) is 0. The van der Waals surface area contributed by atoms with Gasteiger partial charge in [0.15, 0.2) is 23.0 Å². The maximum atomic E-state index is 12.8. The zero-order valence-corrected chi connectivity index (χ0v) is 20.5. The van der Waals surface area contributed by atoms with Crippen LogP contribution in [0.15, 0.2) is 30.3 Å². The van der Waals surface area contributed by atoms with Gasteiger partial charge in [0.05, 0.1) is 33.5 Å². The molecule has 2 aromatic carbocycles. The zero-order chi connectivity index (χ0) is 24.9. The van der Waals surface area contributed by atoms with Crippen LogP contribution in [0.4, 0.5) is 0 Å². The van der Waals surface area contributed by atoms with E-state index in [0.29, 0.717) is 60.7 Å². The molecular weight excluding hydrogens is 440 g/mol. The average Bonchev–Trinajstić information content (AvgIpc) is 2.84. The summed E-state index contributed by atoms with van der Waals surface area (Å²) in [6.45, 7) is 9.32. The highest BCUT2D eigenvalue weighted by molar-refractivity contribution is 6.00. The van der Waals surface area contributed by atoms with Crippen LogP contribution in [-0.4, -0.2) is 45.4 Å². The molecule has 2 aromatic rings. The van der Waals surface area contributed by atoms with E-state index in [1.807, 2.05) is 20.8 Å². The number of amides is 2. The number of nitrogens with one attached hydrogen (secondary N) is 2. The van der Waals surface area contributed by atoms with Gasteiger partial charge in [-0.1, -0.05) is 13.3 Å². The van der Waals surface area contributed by atoms with Gasteiger partial charge in [-0.2, -0.15) is 0 Å². The summed E-state index contributed by atoms with van der Waals surface area (Å²) < 4.78 is 27.9. The molecule has 0 bridgehead atoms. The van der Waals surface area contributed by atoms with Crippen molar-refractivity contribution in [3.05, 3.63) is 41.5 Å². The molecule has 0 aromatic heterocycles. The van der Waals surface area contributed by atoms with Crippen LogP contribution >= 0.6 is 0 Å². The number of hydrogen-bond acceptors (Lipinski definition) is 7. The van der Waals surface area contributed by atoms with Gasteiger partial charge in [-0.25, -0.2) is 0 Å². The minimum Gasteiger partial charge on any atom is -0.493 e. The molecule has 186 valence electrons. The summed E-state index contributed by atoms with van der Waals surface area (Å²) in [6.07, 6.45) is 1.92. The number of hydrogen-bond donors (Lipinski definition) is 2. The molecule has 2 N–H and O–H groups in total. The van der Waals surface area contributed by atoms with Gasteiger partial charge in [0.1, 0.15) is 0 Å². The number of hydrazine groups is 1. The van der Waals surface area contributed by atoms with Gasteiger partial charge in [-0.15, -0.1) is 0 Å². The molecule has 34 heavy (non-hydrogen) atoms. The van der Waals surface area contributed by atoms with Crippen LogP contribution in [0.2, 0.25) is 0 Å². The van der Waals surface area contributed by atoms with Crippen molar-refractivity contribution in [2.24, 2.45) is 0 Å². The summed E-state index contributed by atoms with van der Waals surface area (Å²) in [6, 6.07) is 7.91. The molecule has 9 heteroatoms. The monoisotopic (exact) mass is 474 g/mol. The highest BCUT2D eigenvalue weighted by atomic mass is 16.5. The first-order valence-electron chi connectivity index (χ1n) is 11.5. The first-order chi connectivity index (χ1) is 16.5. The van der Waals surface area contributed by atoms with Crippen molar-refractivity contribution in [2.45, 2.75) is 40.5 Å². The molecule has 2 amide bonds. The fourth-order valence-electron chi connectivity index (χ4n) is 3.03. The Hall–Kier alpha value is -3.62. The van der Waals surface area contributed by atoms with Crippen molar-refractivity contribution in [2.75, 3.05) is 33.5 Å². The standard InChI is InChI=1S/C25H34N2O7/c1-6-10-13-34-19-12-11-17(14-20(19)30-5)24(28)26-27-25(29)18-15-21(31-7-2)23(33-9-4)22(16-18)32-8-3/h11-12,14-16H,6-10,13H2,1-5H3,(H,26,28)(H,27,29). The zero-order valence-electron chi connectivity index (χ0n) is 20.5. The van der Waals surface area contributed by atoms with E-state index in [1.165, 1.54) is 7.11 Å². The maximum absolute atomic E-state index is 12.8. The number of ether oxygens (including phenoxy) is 5. The van der Waals surface area contributed by atoms with Gasteiger partial charge in [0, 0.05) is 11.1 Å². The van der Waals surface area contributed by atoms with E-state index in [0.717, 1.165) is 12.8 Å². The second-order valence-electron chi connectivity index (χ2n) is 7.08. The number of methoxy groups -OCH3 is 1. The number of carbonyl (C=O) groups excluding carboxylic acids is 2. The highest BCUT2D eigenvalue weighted by Gasteiger charge is 2.19. The lowest BCUT2D eigenvalue weighted by molar-refractivity contribution is 0.0846. The maximum Gasteiger partial charge on any atom is 0.269 e. The molecule has 0 aliphatic rings. The van der Waals surface area contributed by atoms with E-state index < -0.39 is 11.8 Å². The van der Waals surface area contributed by atoms with Crippen molar-refractivity contribution in [3.63, 3.8) is 0 Å². The quantitative estimate of drug-likeness (QED) is 0.332. The highest BCUT2D eigenvalue weighted by Crippen LogP contribution is 2.39. The molecule has 2 rings (SSSR count). The van der Waals surface area contributed by atoms with Crippen LogP contribution in [0.25, 0.3) is 0 Å². The van der Waals surface area contributed by atoms with Crippen molar-refractivity contribution < 1.29 is 33.3 Å². The Kier molecular flexibility index (Phi) is 10.8. The minimum atomic E-state index is -0.537. The number of rotatable bonds is 13. The Morgan fingerprint density at radius 2 is 1.26 bits per heavy atom. The number of carbonyl (C=O) groups is 2. The first-order valence-corrected chi connectivity index (χ1v) is 11.5. The van der Waals surface area contributed by atoms with Gasteiger partial charge in [-0.3, -0.25) is 20.4 Å². The molecule has 0 unspecified atom stereocenters. The largest absolute Gasteiger partial charge is 0.493 e. The topological polar surface area (TPSA) is 104 Å². The summed E-state index contributed by atoms with van der Waals surface area (Å²) >= 11 is 0. The normalized spacial score (nSPS) is 10.3. The molecule has 0 atom stereocenters. The molecule has 0 fully saturated rings. The summed E-state index contributed by atoms with van der Waals surface area (Å²) in [4.78, 5) is 25.4. The van der Waals surface area contributed by atoms with Crippen LogP contribution in [0, 0.1) is 0 Å². The van der Waals surface area contributed by atoms with Gasteiger partial charge in [0.25, 0.3) is 11.8 Å². The second-order valence-corrected chi connectivity index (χ2v) is 7.08. The summed E-state index contributed by atoms with van der Waals surface area (Å²) in [5.41, 5.74) is 5.38. The predicted octanol–water partition coefficient (Wildman–Crippen LogP) is 4.15. The smallest absolute Gasteiger partial charge is 0.269 e. The molecule has 0 spiro atoms. The fourth-order valence-corrected chi connectivity index (χ4v) is 3.03. The van der Waals surface area contributed by atoms with E-state index in [-0.39, 0.29) is 5.56 Å². The third-order valence-electron chi connectivity index (χ3n) is 4.64.